The Balaban J connectivity index is 2.01. The normalized spacial score (nSPS) is 19.2. The Labute approximate surface area is 179 Å². The van der Waals surface area contributed by atoms with Gasteiger partial charge in [-0.25, -0.2) is 18.6 Å². The molecule has 1 aliphatic rings. The minimum Gasteiger partial charge on any atom is -0.453 e. The summed E-state index contributed by atoms with van der Waals surface area (Å²) in [5.74, 6) is -4.27. The number of H-pyrrole nitrogens is 1. The second kappa shape index (κ2) is 8.29. The molecule has 0 spiro atoms. The number of likely N-dealkylation sites (tertiary alicyclic amines) is 1. The number of amides is 2. The van der Waals surface area contributed by atoms with Crippen LogP contribution >= 0.6 is 15.9 Å². The number of hydrogen-bond donors (Lipinski definition) is 2. The average molecular weight is 487 g/mol. The fourth-order valence-electron chi connectivity index (χ4n) is 3.46. The maximum atomic E-state index is 14.3. The van der Waals surface area contributed by atoms with Gasteiger partial charge in [-0.2, -0.15) is 0 Å². The van der Waals surface area contributed by atoms with Gasteiger partial charge in [0.05, 0.1) is 30.6 Å². The summed E-state index contributed by atoms with van der Waals surface area (Å²) in [4.78, 5) is 45.0. The van der Waals surface area contributed by atoms with E-state index in [-0.39, 0.29) is 11.7 Å². The zero-order valence-corrected chi connectivity index (χ0v) is 18.1. The Morgan fingerprint density at radius 3 is 2.73 bits per heavy atom. The van der Waals surface area contributed by atoms with Gasteiger partial charge in [-0.1, -0.05) is 29.8 Å². The summed E-state index contributed by atoms with van der Waals surface area (Å²) in [6, 6.07) is 2.63. The van der Waals surface area contributed by atoms with Crippen molar-refractivity contribution in [3.8, 4) is 0 Å². The van der Waals surface area contributed by atoms with Crippen molar-refractivity contribution in [2.45, 2.75) is 38.3 Å². The quantitative estimate of drug-likeness (QED) is 0.691. The third-order valence-corrected chi connectivity index (χ3v) is 5.44. The Kier molecular flexibility index (Phi) is 6.11. The Morgan fingerprint density at radius 1 is 1.40 bits per heavy atom. The van der Waals surface area contributed by atoms with E-state index in [1.54, 1.807) is 32.0 Å². The lowest BCUT2D eigenvalue weighted by molar-refractivity contribution is -0.136. The van der Waals surface area contributed by atoms with E-state index < -0.39 is 48.5 Å². The molecule has 1 saturated heterocycles. The molecule has 0 aliphatic carbocycles. The number of carbonyl (C=O) groups is 2. The summed E-state index contributed by atoms with van der Waals surface area (Å²) in [6.07, 6.45) is -1.53. The van der Waals surface area contributed by atoms with Gasteiger partial charge >= 0.3 is 6.09 Å². The van der Waals surface area contributed by atoms with Crippen LogP contribution < -0.4 is 10.9 Å². The van der Waals surface area contributed by atoms with Crippen molar-refractivity contribution < 1.29 is 23.1 Å². The molecule has 162 valence electrons. The molecule has 0 radical (unpaired) electrons. The molecule has 2 aromatic rings. The van der Waals surface area contributed by atoms with Crippen molar-refractivity contribution in [1.82, 2.24) is 20.2 Å². The lowest BCUT2D eigenvalue weighted by Gasteiger charge is -2.29. The fraction of sp³-hybridized carbons (Fsp3) is 0.474. The number of halogens is 3. The number of fused-ring (bicyclic) bond motifs is 1. The first-order valence-electron chi connectivity index (χ1n) is 9.24. The molecule has 8 nitrogen and oxygen atoms in total. The van der Waals surface area contributed by atoms with Crippen LogP contribution in [0.2, 0.25) is 0 Å². The number of benzene rings is 1. The topological polar surface area (TPSA) is 104 Å². The van der Waals surface area contributed by atoms with Gasteiger partial charge in [0.15, 0.2) is 0 Å². The number of methoxy groups -OCH3 is 1. The SMILES string of the molecule is COC(=O)N[C@H](C(=O)N1CC(F)(F)C[C@H]1c1nc2ccc(Br)cc2c(=O)[nH]1)C(C)C. The van der Waals surface area contributed by atoms with Crippen LogP contribution in [0.4, 0.5) is 13.6 Å². The minimum absolute atomic E-state index is 0.0269. The van der Waals surface area contributed by atoms with Crippen LogP contribution in [0, 0.1) is 5.92 Å². The van der Waals surface area contributed by atoms with E-state index in [9.17, 15) is 23.2 Å². The number of aromatic nitrogens is 2. The Hall–Kier alpha value is -2.56. The van der Waals surface area contributed by atoms with Crippen molar-refractivity contribution >= 4 is 38.8 Å². The number of alkyl carbamates (subject to hydrolysis) is 1. The van der Waals surface area contributed by atoms with Gasteiger partial charge in [0.1, 0.15) is 11.9 Å². The lowest BCUT2D eigenvalue weighted by atomic mass is 10.0. The highest BCUT2D eigenvalue weighted by molar-refractivity contribution is 9.10. The molecule has 3 rings (SSSR count). The summed E-state index contributed by atoms with van der Waals surface area (Å²) in [7, 11) is 1.14. The molecule has 0 bridgehead atoms. The minimum atomic E-state index is -3.17. The number of rotatable bonds is 4. The van der Waals surface area contributed by atoms with Crippen LogP contribution in [0.1, 0.15) is 32.1 Å². The molecule has 1 fully saturated rings. The van der Waals surface area contributed by atoms with E-state index in [2.05, 4.69) is 36.0 Å². The molecule has 2 N–H and O–H groups in total. The summed E-state index contributed by atoms with van der Waals surface area (Å²) in [5, 5.41) is 2.69. The van der Waals surface area contributed by atoms with Gasteiger partial charge in [-0.15, -0.1) is 0 Å². The van der Waals surface area contributed by atoms with Crippen molar-refractivity contribution in [1.29, 1.82) is 0 Å². The zero-order valence-electron chi connectivity index (χ0n) is 16.5. The maximum Gasteiger partial charge on any atom is 0.407 e. The number of hydrogen-bond acceptors (Lipinski definition) is 5. The second-order valence-corrected chi connectivity index (χ2v) is 8.43. The van der Waals surface area contributed by atoms with Gasteiger partial charge in [-0.05, 0) is 24.1 Å². The summed E-state index contributed by atoms with van der Waals surface area (Å²) < 4.78 is 33.8. The first-order valence-corrected chi connectivity index (χ1v) is 10.0. The number of alkyl halides is 2. The molecular formula is C19H21BrF2N4O4. The van der Waals surface area contributed by atoms with Crippen molar-refractivity contribution in [2.75, 3.05) is 13.7 Å². The van der Waals surface area contributed by atoms with E-state index in [0.717, 1.165) is 12.0 Å². The predicted molar refractivity (Wildman–Crippen MR) is 108 cm³/mol. The predicted octanol–water partition coefficient (Wildman–Crippen LogP) is 2.97. The molecule has 2 amide bonds. The number of carbonyl (C=O) groups excluding carboxylic acids is 2. The molecule has 2 heterocycles. The van der Waals surface area contributed by atoms with E-state index in [4.69, 9.17) is 0 Å². The first kappa shape index (κ1) is 22.1. The van der Waals surface area contributed by atoms with Crippen molar-refractivity contribution in [3.63, 3.8) is 0 Å². The largest absolute Gasteiger partial charge is 0.453 e. The van der Waals surface area contributed by atoms with Crippen LogP contribution in [0.5, 0.6) is 0 Å². The van der Waals surface area contributed by atoms with Gasteiger partial charge < -0.3 is 19.9 Å². The molecule has 30 heavy (non-hydrogen) atoms. The zero-order chi connectivity index (χ0) is 22.2. The number of nitrogens with zero attached hydrogens (tertiary/aromatic N) is 2. The van der Waals surface area contributed by atoms with Crippen LogP contribution in [-0.2, 0) is 9.53 Å². The third kappa shape index (κ3) is 4.45. The highest BCUT2D eigenvalue weighted by Gasteiger charge is 2.50. The molecule has 0 unspecified atom stereocenters. The van der Waals surface area contributed by atoms with Gasteiger partial charge in [-0.3, -0.25) is 9.59 Å². The monoisotopic (exact) mass is 486 g/mol. The molecule has 2 atom stereocenters. The van der Waals surface area contributed by atoms with Crippen molar-refractivity contribution in [3.05, 3.63) is 38.9 Å². The van der Waals surface area contributed by atoms with Gasteiger partial charge in [0.2, 0.25) is 5.91 Å². The van der Waals surface area contributed by atoms with E-state index in [0.29, 0.717) is 15.4 Å². The molecule has 11 heteroatoms. The number of nitrogens with one attached hydrogen (secondary N) is 2. The average Bonchev–Trinajstić information content (AvgIpc) is 3.01. The lowest BCUT2D eigenvalue weighted by Crippen LogP contribution is -2.51. The molecule has 1 aromatic heterocycles. The van der Waals surface area contributed by atoms with Crippen LogP contribution in [0.25, 0.3) is 10.9 Å². The molecular weight excluding hydrogens is 466 g/mol. The highest BCUT2D eigenvalue weighted by Crippen LogP contribution is 2.40. The molecule has 0 saturated carbocycles. The maximum absolute atomic E-state index is 14.3. The van der Waals surface area contributed by atoms with Crippen molar-refractivity contribution in [2.24, 2.45) is 5.92 Å². The number of aromatic amines is 1. The van der Waals surface area contributed by atoms with E-state index >= 15 is 0 Å². The van der Waals surface area contributed by atoms with Crippen LogP contribution in [-0.4, -0.2) is 52.5 Å². The fourth-order valence-corrected chi connectivity index (χ4v) is 3.82. The third-order valence-electron chi connectivity index (χ3n) is 4.95. The summed E-state index contributed by atoms with van der Waals surface area (Å²) >= 11 is 3.27. The highest BCUT2D eigenvalue weighted by atomic mass is 79.9. The van der Waals surface area contributed by atoms with Crippen LogP contribution in [0.15, 0.2) is 27.5 Å². The number of ether oxygens (including phenoxy) is 1. The standard InChI is InChI=1S/C19H21BrF2N4O4/c1-9(2)14(24-18(29)30-3)17(28)26-8-19(21,22)7-13(26)15-23-12-5-4-10(20)6-11(12)16(27)25-15/h4-6,9,13-14H,7-8H2,1-3H3,(H,24,29)(H,23,25,27)/t13-,14-/m0/s1. The van der Waals surface area contributed by atoms with E-state index in [1.165, 1.54) is 0 Å². The first-order chi connectivity index (χ1) is 14.0. The smallest absolute Gasteiger partial charge is 0.407 e. The molecule has 1 aromatic carbocycles. The van der Waals surface area contributed by atoms with E-state index in [1.807, 2.05) is 0 Å². The van der Waals surface area contributed by atoms with Gasteiger partial charge in [0.25, 0.3) is 11.5 Å². The summed E-state index contributed by atoms with van der Waals surface area (Å²) in [6.45, 7) is 2.51. The van der Waals surface area contributed by atoms with Gasteiger partial charge in [0, 0.05) is 10.9 Å². The Morgan fingerprint density at radius 2 is 2.10 bits per heavy atom. The van der Waals surface area contributed by atoms with Crippen LogP contribution in [0.3, 0.4) is 0 Å². The Bertz CT molecular complexity index is 1040. The second-order valence-electron chi connectivity index (χ2n) is 7.51. The molecule has 1 aliphatic heterocycles. The summed E-state index contributed by atoms with van der Waals surface area (Å²) in [5.41, 5.74) is -0.167.